The Labute approximate surface area is 166 Å². The Morgan fingerprint density at radius 3 is 3.00 bits per heavy atom. The van der Waals surface area contributed by atoms with Crippen LogP contribution in [0.2, 0.25) is 0 Å². The van der Waals surface area contributed by atoms with Crippen LogP contribution in [0.15, 0.2) is 23.2 Å². The molecule has 6 heteroatoms. The number of benzene rings is 1. The minimum absolute atomic E-state index is 0. The number of nitrogens with one attached hydrogen (secondary N) is 2. The fourth-order valence-corrected chi connectivity index (χ4v) is 4.43. The van der Waals surface area contributed by atoms with E-state index in [0.717, 1.165) is 44.2 Å². The highest BCUT2D eigenvalue weighted by molar-refractivity contribution is 14.0. The van der Waals surface area contributed by atoms with Crippen LogP contribution in [-0.4, -0.2) is 43.2 Å². The molecule has 0 aliphatic carbocycles. The largest absolute Gasteiger partial charge is 0.493 e. The van der Waals surface area contributed by atoms with E-state index in [1.54, 1.807) is 0 Å². The summed E-state index contributed by atoms with van der Waals surface area (Å²) in [6.07, 6.45) is 4.66. The number of halogens is 1. The van der Waals surface area contributed by atoms with Gasteiger partial charge in [0, 0.05) is 31.3 Å². The Morgan fingerprint density at radius 1 is 1.38 bits per heavy atom. The second kappa shape index (κ2) is 9.17. The molecule has 0 spiro atoms. The van der Waals surface area contributed by atoms with Gasteiger partial charge in [0.2, 0.25) is 0 Å². The highest BCUT2D eigenvalue weighted by atomic mass is 127. The van der Waals surface area contributed by atoms with Gasteiger partial charge in [-0.05, 0) is 49.1 Å². The summed E-state index contributed by atoms with van der Waals surface area (Å²) in [6, 6.07) is 6.54. The van der Waals surface area contributed by atoms with Crippen LogP contribution >= 0.6 is 35.7 Å². The Kier molecular flexibility index (Phi) is 7.53. The third kappa shape index (κ3) is 5.18. The molecular weight excluding hydrogens is 433 g/mol. The first-order valence-corrected chi connectivity index (χ1v) is 9.50. The summed E-state index contributed by atoms with van der Waals surface area (Å²) in [7, 11) is 1.84. The maximum atomic E-state index is 5.56. The van der Waals surface area contributed by atoms with Crippen LogP contribution < -0.4 is 15.4 Å². The standard InChI is InChI=1S/C18H27N3OS.HI/c1-18(8-3-11-23-18)13-21-17(19-2)20-9-6-14-4-5-16-15(12-14)7-10-22-16;/h4-5,12H,3,6-11,13H2,1-2H3,(H2,19,20,21);1H. The predicted octanol–water partition coefficient (Wildman–Crippen LogP) is 3.23. The van der Waals surface area contributed by atoms with Crippen molar-refractivity contribution in [1.82, 2.24) is 10.6 Å². The van der Waals surface area contributed by atoms with Gasteiger partial charge < -0.3 is 15.4 Å². The van der Waals surface area contributed by atoms with Crippen LogP contribution in [0.3, 0.4) is 0 Å². The molecule has 0 aromatic heterocycles. The lowest BCUT2D eigenvalue weighted by Crippen LogP contribution is -2.44. The Bertz CT molecular complexity index is 573. The molecule has 0 saturated carbocycles. The van der Waals surface area contributed by atoms with Crippen LogP contribution in [0.5, 0.6) is 5.75 Å². The maximum Gasteiger partial charge on any atom is 0.191 e. The normalized spacial score (nSPS) is 22.5. The van der Waals surface area contributed by atoms with Gasteiger partial charge in [-0.25, -0.2) is 0 Å². The van der Waals surface area contributed by atoms with Crippen molar-refractivity contribution in [3.05, 3.63) is 29.3 Å². The summed E-state index contributed by atoms with van der Waals surface area (Å²) in [5, 5.41) is 6.90. The van der Waals surface area contributed by atoms with Crippen LogP contribution in [0.1, 0.15) is 30.9 Å². The lowest BCUT2D eigenvalue weighted by molar-refractivity contribution is 0.357. The van der Waals surface area contributed by atoms with Crippen molar-refractivity contribution in [2.24, 2.45) is 4.99 Å². The summed E-state index contributed by atoms with van der Waals surface area (Å²) in [5.41, 5.74) is 2.70. The molecule has 2 N–H and O–H groups in total. The fourth-order valence-electron chi connectivity index (χ4n) is 3.19. The summed E-state index contributed by atoms with van der Waals surface area (Å²) in [6.45, 7) is 5.04. The summed E-state index contributed by atoms with van der Waals surface area (Å²) < 4.78 is 5.92. The molecular formula is C18H28IN3OS. The van der Waals surface area contributed by atoms with Crippen LogP contribution in [-0.2, 0) is 12.8 Å². The van der Waals surface area contributed by atoms with E-state index in [1.807, 2.05) is 7.05 Å². The average Bonchev–Trinajstić information content (AvgIpc) is 3.19. The molecule has 2 aliphatic heterocycles. The molecule has 24 heavy (non-hydrogen) atoms. The topological polar surface area (TPSA) is 45.7 Å². The summed E-state index contributed by atoms with van der Waals surface area (Å²) in [4.78, 5) is 4.33. The minimum Gasteiger partial charge on any atom is -0.493 e. The average molecular weight is 461 g/mol. The molecule has 1 unspecified atom stereocenters. The van der Waals surface area contributed by atoms with Gasteiger partial charge in [0.05, 0.1) is 6.61 Å². The first-order chi connectivity index (χ1) is 11.2. The van der Waals surface area contributed by atoms with Gasteiger partial charge in [-0.15, -0.1) is 24.0 Å². The number of ether oxygens (including phenoxy) is 1. The van der Waals surface area contributed by atoms with E-state index < -0.39 is 0 Å². The maximum absolute atomic E-state index is 5.56. The van der Waals surface area contributed by atoms with Crippen molar-refractivity contribution in [1.29, 1.82) is 0 Å². The zero-order valence-electron chi connectivity index (χ0n) is 14.6. The van der Waals surface area contributed by atoms with E-state index in [2.05, 4.69) is 52.5 Å². The lowest BCUT2D eigenvalue weighted by atomic mass is 10.1. The van der Waals surface area contributed by atoms with Crippen molar-refractivity contribution < 1.29 is 4.74 Å². The predicted molar refractivity (Wildman–Crippen MR) is 114 cm³/mol. The lowest BCUT2D eigenvalue weighted by Gasteiger charge is -2.24. The Balaban J connectivity index is 0.00000208. The molecule has 1 aromatic carbocycles. The van der Waals surface area contributed by atoms with Gasteiger partial charge in [-0.3, -0.25) is 4.99 Å². The first kappa shape index (κ1) is 19.7. The number of thioether (sulfide) groups is 1. The van der Waals surface area contributed by atoms with E-state index in [1.165, 1.54) is 29.7 Å². The summed E-state index contributed by atoms with van der Waals surface area (Å²) >= 11 is 2.07. The molecule has 0 amide bonds. The third-order valence-corrected chi connectivity index (χ3v) is 6.15. The van der Waals surface area contributed by atoms with Crippen molar-refractivity contribution >= 4 is 41.7 Å². The minimum atomic E-state index is 0. The monoisotopic (exact) mass is 461 g/mol. The zero-order chi connectivity index (χ0) is 16.1. The molecule has 134 valence electrons. The molecule has 1 saturated heterocycles. The van der Waals surface area contributed by atoms with Crippen LogP contribution in [0.25, 0.3) is 0 Å². The number of fused-ring (bicyclic) bond motifs is 1. The molecule has 2 heterocycles. The Hall–Kier alpha value is -0.630. The molecule has 1 aromatic rings. The highest BCUT2D eigenvalue weighted by Gasteiger charge is 2.29. The van der Waals surface area contributed by atoms with Gasteiger partial charge in [0.15, 0.2) is 5.96 Å². The van der Waals surface area contributed by atoms with E-state index in [0.29, 0.717) is 4.75 Å². The van der Waals surface area contributed by atoms with E-state index in [9.17, 15) is 0 Å². The number of rotatable bonds is 5. The zero-order valence-corrected chi connectivity index (χ0v) is 17.7. The number of hydrogen-bond acceptors (Lipinski definition) is 3. The molecule has 1 fully saturated rings. The van der Waals surface area contributed by atoms with E-state index in [-0.39, 0.29) is 24.0 Å². The highest BCUT2D eigenvalue weighted by Crippen LogP contribution is 2.36. The Morgan fingerprint density at radius 2 is 2.25 bits per heavy atom. The van der Waals surface area contributed by atoms with Crippen molar-refractivity contribution in [2.75, 3.05) is 32.5 Å². The number of hydrogen-bond donors (Lipinski definition) is 2. The van der Waals surface area contributed by atoms with Crippen molar-refractivity contribution in [2.45, 2.75) is 37.4 Å². The van der Waals surface area contributed by atoms with Crippen molar-refractivity contribution in [3.8, 4) is 5.75 Å². The molecule has 0 radical (unpaired) electrons. The molecule has 1 atom stereocenters. The van der Waals surface area contributed by atoms with E-state index in [4.69, 9.17) is 4.74 Å². The number of guanidine groups is 1. The number of nitrogens with zero attached hydrogens (tertiary/aromatic N) is 1. The third-order valence-electron chi connectivity index (χ3n) is 4.61. The first-order valence-electron chi connectivity index (χ1n) is 8.52. The van der Waals surface area contributed by atoms with Crippen LogP contribution in [0.4, 0.5) is 0 Å². The molecule has 3 rings (SSSR count). The molecule has 4 nitrogen and oxygen atoms in total. The fraction of sp³-hybridized carbons (Fsp3) is 0.611. The van der Waals surface area contributed by atoms with E-state index >= 15 is 0 Å². The quantitative estimate of drug-likeness (QED) is 0.402. The smallest absolute Gasteiger partial charge is 0.191 e. The van der Waals surface area contributed by atoms with Crippen molar-refractivity contribution in [3.63, 3.8) is 0 Å². The number of aliphatic imine (C=N–C) groups is 1. The molecule has 2 aliphatic rings. The van der Waals surface area contributed by atoms with Gasteiger partial charge >= 0.3 is 0 Å². The van der Waals surface area contributed by atoms with Gasteiger partial charge in [0.1, 0.15) is 5.75 Å². The molecule has 0 bridgehead atoms. The van der Waals surface area contributed by atoms with Crippen LogP contribution in [0, 0.1) is 0 Å². The summed E-state index contributed by atoms with van der Waals surface area (Å²) in [5.74, 6) is 3.25. The van der Waals surface area contributed by atoms with Gasteiger partial charge in [0.25, 0.3) is 0 Å². The van der Waals surface area contributed by atoms with Gasteiger partial charge in [-0.2, -0.15) is 11.8 Å². The second-order valence-electron chi connectivity index (χ2n) is 6.55. The second-order valence-corrected chi connectivity index (χ2v) is 8.23. The van der Waals surface area contributed by atoms with Gasteiger partial charge in [-0.1, -0.05) is 12.1 Å². The SMILES string of the molecule is CN=C(NCCc1ccc2c(c1)CCO2)NCC1(C)CCCS1.I.